The van der Waals surface area contributed by atoms with E-state index < -0.39 is 0 Å². The number of anilines is 1. The molecule has 0 aliphatic rings. The first kappa shape index (κ1) is 16.5. The molecule has 112 valence electrons. The van der Waals surface area contributed by atoms with Gasteiger partial charge in [0.05, 0.1) is 12.6 Å². The van der Waals surface area contributed by atoms with Gasteiger partial charge in [-0.2, -0.15) is 0 Å². The molecule has 1 unspecified atom stereocenters. The van der Waals surface area contributed by atoms with E-state index in [9.17, 15) is 0 Å². The molecule has 0 heterocycles. The van der Waals surface area contributed by atoms with Gasteiger partial charge in [-0.1, -0.05) is 32.0 Å². The standard InChI is InChI=1S/C15H26N4O/c1-5-12-8-7-9-13(6-2)14(12)18-15(19-16)17-11(3)10-20-4/h7-9,11H,5-6,10,16H2,1-4H3,(H2,17,18,19). The summed E-state index contributed by atoms with van der Waals surface area (Å²) in [6.45, 7) is 6.82. The summed E-state index contributed by atoms with van der Waals surface area (Å²) in [5.41, 5.74) is 6.23. The topological polar surface area (TPSA) is 71.7 Å². The van der Waals surface area contributed by atoms with Crippen molar-refractivity contribution < 1.29 is 4.74 Å². The van der Waals surface area contributed by atoms with Gasteiger partial charge in [0, 0.05) is 12.8 Å². The number of methoxy groups -OCH3 is 1. The highest BCUT2D eigenvalue weighted by molar-refractivity contribution is 5.94. The van der Waals surface area contributed by atoms with E-state index in [2.05, 4.69) is 47.8 Å². The van der Waals surface area contributed by atoms with Crippen LogP contribution in [-0.2, 0) is 17.6 Å². The van der Waals surface area contributed by atoms with Crippen molar-refractivity contribution in [3.63, 3.8) is 0 Å². The van der Waals surface area contributed by atoms with Crippen molar-refractivity contribution in [3.05, 3.63) is 29.3 Å². The summed E-state index contributed by atoms with van der Waals surface area (Å²) in [7, 11) is 1.66. The number of hydrogen-bond acceptors (Lipinski definition) is 3. The Labute approximate surface area is 121 Å². The predicted octanol–water partition coefficient (Wildman–Crippen LogP) is 2.08. The summed E-state index contributed by atoms with van der Waals surface area (Å²) in [5.74, 6) is 6.12. The Morgan fingerprint density at radius 3 is 2.35 bits per heavy atom. The third kappa shape index (κ3) is 4.51. The number of hydrazine groups is 1. The van der Waals surface area contributed by atoms with Gasteiger partial charge in [-0.05, 0) is 30.9 Å². The second-order valence-electron chi connectivity index (χ2n) is 4.71. The van der Waals surface area contributed by atoms with Crippen molar-refractivity contribution >= 4 is 11.6 Å². The zero-order valence-corrected chi connectivity index (χ0v) is 12.9. The molecule has 0 saturated heterocycles. The monoisotopic (exact) mass is 278 g/mol. The number of aryl methyl sites for hydroxylation is 2. The highest BCUT2D eigenvalue weighted by atomic mass is 16.5. The van der Waals surface area contributed by atoms with E-state index in [1.165, 1.54) is 11.1 Å². The van der Waals surface area contributed by atoms with E-state index in [1.807, 2.05) is 6.92 Å². The highest BCUT2D eigenvalue weighted by Crippen LogP contribution is 2.22. The van der Waals surface area contributed by atoms with Crippen LogP contribution in [0.2, 0.25) is 0 Å². The minimum atomic E-state index is 0.0393. The first-order valence-corrected chi connectivity index (χ1v) is 7.07. The van der Waals surface area contributed by atoms with Crippen LogP contribution in [0.5, 0.6) is 0 Å². The van der Waals surface area contributed by atoms with Crippen molar-refractivity contribution in [3.8, 4) is 0 Å². The van der Waals surface area contributed by atoms with Crippen LogP contribution in [0.15, 0.2) is 23.2 Å². The zero-order chi connectivity index (χ0) is 15.0. The lowest BCUT2D eigenvalue weighted by Crippen LogP contribution is -2.38. The van der Waals surface area contributed by atoms with Crippen LogP contribution in [0.25, 0.3) is 0 Å². The molecular weight excluding hydrogens is 252 g/mol. The third-order valence-corrected chi connectivity index (χ3v) is 3.14. The summed E-state index contributed by atoms with van der Waals surface area (Å²) in [6.07, 6.45) is 1.92. The van der Waals surface area contributed by atoms with Crippen LogP contribution in [-0.4, -0.2) is 25.7 Å². The van der Waals surface area contributed by atoms with Crippen LogP contribution in [0.4, 0.5) is 5.69 Å². The molecule has 0 amide bonds. The smallest absolute Gasteiger partial charge is 0.210 e. The summed E-state index contributed by atoms with van der Waals surface area (Å²) < 4.78 is 5.09. The largest absolute Gasteiger partial charge is 0.382 e. The van der Waals surface area contributed by atoms with E-state index in [-0.39, 0.29) is 6.04 Å². The van der Waals surface area contributed by atoms with E-state index in [0.29, 0.717) is 12.6 Å². The van der Waals surface area contributed by atoms with E-state index in [1.54, 1.807) is 7.11 Å². The molecule has 1 aromatic rings. The normalized spacial score (nSPS) is 13.2. The Morgan fingerprint density at radius 2 is 1.90 bits per heavy atom. The number of nitrogens with zero attached hydrogens (tertiary/aromatic N) is 1. The quantitative estimate of drug-likeness (QED) is 0.322. The summed E-state index contributed by atoms with van der Waals surface area (Å²) in [4.78, 5) is 4.48. The average Bonchev–Trinajstić information content (AvgIpc) is 2.46. The zero-order valence-electron chi connectivity index (χ0n) is 12.9. The van der Waals surface area contributed by atoms with Gasteiger partial charge in [0.15, 0.2) is 0 Å². The van der Waals surface area contributed by atoms with Crippen molar-refractivity contribution in [1.29, 1.82) is 0 Å². The number of guanidine groups is 1. The Bertz CT molecular complexity index is 423. The van der Waals surface area contributed by atoms with E-state index in [0.717, 1.165) is 18.5 Å². The number of hydrogen-bond donors (Lipinski definition) is 3. The van der Waals surface area contributed by atoms with Crippen LogP contribution in [0.3, 0.4) is 0 Å². The fraction of sp³-hybridized carbons (Fsp3) is 0.533. The molecule has 0 saturated carbocycles. The Kier molecular flexibility index (Phi) is 7.04. The molecule has 1 aromatic carbocycles. The average molecular weight is 278 g/mol. The van der Waals surface area contributed by atoms with Crippen molar-refractivity contribution in [2.45, 2.75) is 39.7 Å². The number of para-hydroxylation sites is 1. The van der Waals surface area contributed by atoms with Gasteiger partial charge in [0.1, 0.15) is 0 Å². The maximum Gasteiger partial charge on any atom is 0.210 e. The SMILES string of the molecule is CCc1cccc(CC)c1NC(=NC(C)COC)NN. The Balaban J connectivity index is 3.00. The summed E-state index contributed by atoms with van der Waals surface area (Å²) >= 11 is 0. The van der Waals surface area contributed by atoms with E-state index >= 15 is 0 Å². The molecule has 20 heavy (non-hydrogen) atoms. The van der Waals surface area contributed by atoms with Gasteiger partial charge >= 0.3 is 0 Å². The second-order valence-corrected chi connectivity index (χ2v) is 4.71. The Hall–Kier alpha value is -1.59. The third-order valence-electron chi connectivity index (χ3n) is 3.14. The number of aliphatic imine (C=N–C) groups is 1. The molecule has 5 nitrogen and oxygen atoms in total. The minimum absolute atomic E-state index is 0.0393. The lowest BCUT2D eigenvalue weighted by Gasteiger charge is -2.17. The maximum atomic E-state index is 5.56. The van der Waals surface area contributed by atoms with Crippen molar-refractivity contribution in [2.24, 2.45) is 10.8 Å². The molecule has 0 fully saturated rings. The molecule has 1 atom stereocenters. The van der Waals surface area contributed by atoms with Gasteiger partial charge in [-0.25, -0.2) is 10.8 Å². The number of benzene rings is 1. The lowest BCUT2D eigenvalue weighted by atomic mass is 10.0. The van der Waals surface area contributed by atoms with Crippen LogP contribution >= 0.6 is 0 Å². The highest BCUT2D eigenvalue weighted by Gasteiger charge is 2.09. The van der Waals surface area contributed by atoms with Gasteiger partial charge in [0.2, 0.25) is 5.96 Å². The number of nitrogens with one attached hydrogen (secondary N) is 2. The van der Waals surface area contributed by atoms with Crippen LogP contribution in [0.1, 0.15) is 31.9 Å². The molecule has 0 bridgehead atoms. The van der Waals surface area contributed by atoms with Gasteiger partial charge in [-0.3, -0.25) is 5.43 Å². The molecule has 4 N–H and O–H groups in total. The molecule has 0 spiro atoms. The van der Waals surface area contributed by atoms with E-state index in [4.69, 9.17) is 10.6 Å². The van der Waals surface area contributed by atoms with Crippen molar-refractivity contribution in [2.75, 3.05) is 19.0 Å². The molecule has 0 aliphatic carbocycles. The number of rotatable bonds is 6. The maximum absolute atomic E-state index is 5.56. The molecular formula is C15H26N4O. The van der Waals surface area contributed by atoms with Gasteiger partial charge < -0.3 is 10.1 Å². The number of nitrogens with two attached hydrogens (primary N) is 1. The summed E-state index contributed by atoms with van der Waals surface area (Å²) in [6, 6.07) is 6.36. The van der Waals surface area contributed by atoms with Crippen LogP contribution in [0, 0.1) is 0 Å². The minimum Gasteiger partial charge on any atom is -0.382 e. The fourth-order valence-electron chi connectivity index (χ4n) is 2.13. The van der Waals surface area contributed by atoms with Crippen molar-refractivity contribution in [1.82, 2.24) is 5.43 Å². The first-order chi connectivity index (χ1) is 9.65. The fourth-order valence-corrected chi connectivity index (χ4v) is 2.13. The van der Waals surface area contributed by atoms with Gasteiger partial charge in [-0.15, -0.1) is 0 Å². The second kappa shape index (κ2) is 8.55. The predicted molar refractivity (Wildman–Crippen MR) is 84.9 cm³/mol. The Morgan fingerprint density at radius 1 is 1.30 bits per heavy atom. The van der Waals surface area contributed by atoms with Crippen LogP contribution < -0.4 is 16.6 Å². The molecule has 0 aliphatic heterocycles. The van der Waals surface area contributed by atoms with Gasteiger partial charge in [0.25, 0.3) is 0 Å². The lowest BCUT2D eigenvalue weighted by molar-refractivity contribution is 0.185. The number of ether oxygens (including phenoxy) is 1. The molecule has 0 aromatic heterocycles. The first-order valence-electron chi connectivity index (χ1n) is 7.07. The molecule has 0 radical (unpaired) electrons. The summed E-state index contributed by atoms with van der Waals surface area (Å²) in [5, 5.41) is 3.32. The molecule has 5 heteroatoms. The molecule has 1 rings (SSSR count).